The molecule has 0 atom stereocenters. The van der Waals surface area contributed by atoms with Gasteiger partial charge in [-0.2, -0.15) is 0 Å². The van der Waals surface area contributed by atoms with Crippen LogP contribution >= 0.6 is 24.8 Å². The van der Waals surface area contributed by atoms with E-state index < -0.39 is 0 Å². The maximum Gasteiger partial charge on any atom is 0.222 e. The number of hydrogen-bond donors (Lipinski definition) is 2. The largest absolute Gasteiger partial charge is 0.350 e. The molecule has 0 saturated carbocycles. The predicted molar refractivity (Wildman–Crippen MR) is 72.6 cm³/mol. The minimum atomic E-state index is -0.327. The first-order valence-electron chi connectivity index (χ1n) is 5.00. The average Bonchev–Trinajstić information content (AvgIpc) is 2.66. The molecule has 0 unspecified atom stereocenters. The second-order valence-corrected chi connectivity index (χ2v) is 4.19. The van der Waals surface area contributed by atoms with E-state index >= 15 is 0 Å². The van der Waals surface area contributed by atoms with Crippen molar-refractivity contribution in [3.8, 4) is 0 Å². The van der Waals surface area contributed by atoms with Crippen molar-refractivity contribution in [2.45, 2.75) is 32.4 Å². The monoisotopic (exact) mass is 282 g/mol. The lowest BCUT2D eigenvalue weighted by Gasteiger charge is -2.24. The number of carbonyl (C=O) groups is 1. The van der Waals surface area contributed by atoms with Crippen LogP contribution < -0.4 is 11.1 Å². The van der Waals surface area contributed by atoms with Gasteiger partial charge in [-0.05, 0) is 13.8 Å². The Morgan fingerprint density at radius 1 is 1.47 bits per heavy atom. The Morgan fingerprint density at radius 2 is 2.12 bits per heavy atom. The van der Waals surface area contributed by atoms with Gasteiger partial charge in [0.05, 0.1) is 6.33 Å². The fourth-order valence-electron chi connectivity index (χ4n) is 1.14. The molecule has 7 heteroatoms. The summed E-state index contributed by atoms with van der Waals surface area (Å²) in [6.07, 6.45) is 5.67. The van der Waals surface area contributed by atoms with Gasteiger partial charge in [0, 0.05) is 37.4 Å². The van der Waals surface area contributed by atoms with E-state index in [9.17, 15) is 4.79 Å². The van der Waals surface area contributed by atoms with Crippen LogP contribution in [-0.2, 0) is 11.3 Å². The molecule has 1 aromatic heterocycles. The van der Waals surface area contributed by atoms with Gasteiger partial charge < -0.3 is 15.6 Å². The second-order valence-electron chi connectivity index (χ2n) is 4.19. The molecule has 0 aliphatic rings. The van der Waals surface area contributed by atoms with E-state index in [0.29, 0.717) is 19.5 Å². The van der Waals surface area contributed by atoms with E-state index in [0.717, 1.165) is 0 Å². The molecule has 100 valence electrons. The number of aromatic nitrogens is 2. The second kappa shape index (κ2) is 8.33. The quantitative estimate of drug-likeness (QED) is 0.845. The normalized spacial score (nSPS) is 10.1. The Balaban J connectivity index is 0. The molecule has 0 aliphatic carbocycles. The summed E-state index contributed by atoms with van der Waals surface area (Å²) in [5.41, 5.74) is 5.19. The highest BCUT2D eigenvalue weighted by molar-refractivity contribution is 5.85. The van der Waals surface area contributed by atoms with Crippen molar-refractivity contribution < 1.29 is 4.79 Å². The molecular formula is C10H20Cl2N4O. The number of nitrogens with zero attached hydrogens (tertiary/aromatic N) is 2. The zero-order valence-corrected chi connectivity index (χ0v) is 11.7. The Labute approximate surface area is 114 Å². The lowest BCUT2D eigenvalue weighted by molar-refractivity contribution is -0.122. The van der Waals surface area contributed by atoms with Gasteiger partial charge in [-0.15, -0.1) is 24.8 Å². The third-order valence-electron chi connectivity index (χ3n) is 2.14. The summed E-state index contributed by atoms with van der Waals surface area (Å²) in [5.74, 6) is 0.0131. The van der Waals surface area contributed by atoms with E-state index in [4.69, 9.17) is 5.73 Å². The molecule has 5 nitrogen and oxygen atoms in total. The molecule has 3 N–H and O–H groups in total. The molecule has 0 bridgehead atoms. The first kappa shape index (κ1) is 18.6. The first-order valence-corrected chi connectivity index (χ1v) is 5.00. The third kappa shape index (κ3) is 7.20. The van der Waals surface area contributed by atoms with E-state index in [1.54, 1.807) is 12.5 Å². The predicted octanol–water partition coefficient (Wildman–Crippen LogP) is 0.970. The summed E-state index contributed by atoms with van der Waals surface area (Å²) >= 11 is 0. The minimum absolute atomic E-state index is 0. The van der Waals surface area contributed by atoms with Gasteiger partial charge >= 0.3 is 0 Å². The van der Waals surface area contributed by atoms with Crippen LogP contribution in [0.15, 0.2) is 18.7 Å². The van der Waals surface area contributed by atoms with Gasteiger partial charge in [-0.25, -0.2) is 4.98 Å². The van der Waals surface area contributed by atoms with Gasteiger partial charge in [-0.3, -0.25) is 4.79 Å². The maximum absolute atomic E-state index is 11.5. The highest BCUT2D eigenvalue weighted by Crippen LogP contribution is 1.99. The number of nitrogens with two attached hydrogens (primary N) is 1. The zero-order valence-electron chi connectivity index (χ0n) is 10.0. The van der Waals surface area contributed by atoms with Crippen LogP contribution in [0, 0.1) is 0 Å². The van der Waals surface area contributed by atoms with E-state index in [2.05, 4.69) is 10.3 Å². The van der Waals surface area contributed by atoms with Crippen molar-refractivity contribution in [2.75, 3.05) is 6.54 Å². The van der Waals surface area contributed by atoms with Crippen molar-refractivity contribution >= 4 is 30.7 Å². The number of nitrogens with one attached hydrogen (secondary N) is 1. The Bertz CT molecular complexity index is 314. The Morgan fingerprint density at radius 3 is 2.59 bits per heavy atom. The SMILES string of the molecule is CC(C)(CN)NC(=O)CCn1ccnc1.Cl.Cl. The summed E-state index contributed by atoms with van der Waals surface area (Å²) in [7, 11) is 0. The number of carbonyl (C=O) groups excluding carboxylic acids is 1. The maximum atomic E-state index is 11.5. The lowest BCUT2D eigenvalue weighted by atomic mass is 10.1. The summed E-state index contributed by atoms with van der Waals surface area (Å²) in [6.45, 7) is 4.89. The number of imidazole rings is 1. The molecule has 0 aliphatic heterocycles. The highest BCUT2D eigenvalue weighted by Gasteiger charge is 2.17. The van der Waals surface area contributed by atoms with E-state index in [-0.39, 0.29) is 36.3 Å². The molecule has 1 rings (SSSR count). The van der Waals surface area contributed by atoms with Gasteiger partial charge in [-0.1, -0.05) is 0 Å². The standard InChI is InChI=1S/C10H18N4O.2ClH/c1-10(2,7-11)13-9(15)3-5-14-6-4-12-8-14;;/h4,6,8H,3,5,7,11H2,1-2H3,(H,13,15);2*1H. The van der Waals surface area contributed by atoms with Crippen LogP contribution in [-0.4, -0.2) is 27.5 Å². The average molecular weight is 283 g/mol. The van der Waals surface area contributed by atoms with Crippen molar-refractivity contribution in [1.29, 1.82) is 0 Å². The molecule has 0 aromatic carbocycles. The molecule has 17 heavy (non-hydrogen) atoms. The molecule has 0 spiro atoms. The van der Waals surface area contributed by atoms with Gasteiger partial charge in [0.25, 0.3) is 0 Å². The van der Waals surface area contributed by atoms with Crippen LogP contribution in [0.25, 0.3) is 0 Å². The Kier molecular flexibility index (Phi) is 9.11. The highest BCUT2D eigenvalue weighted by atomic mass is 35.5. The first-order chi connectivity index (χ1) is 7.03. The molecule has 1 heterocycles. The molecule has 1 aromatic rings. The number of rotatable bonds is 5. The van der Waals surface area contributed by atoms with Gasteiger partial charge in [0.15, 0.2) is 0 Å². The summed E-state index contributed by atoms with van der Waals surface area (Å²) in [5, 5.41) is 2.87. The zero-order chi connectivity index (χ0) is 11.3. The van der Waals surface area contributed by atoms with Crippen molar-refractivity contribution in [3.05, 3.63) is 18.7 Å². The van der Waals surface area contributed by atoms with Crippen molar-refractivity contribution in [2.24, 2.45) is 5.73 Å². The summed E-state index contributed by atoms with van der Waals surface area (Å²) in [6, 6.07) is 0. The lowest BCUT2D eigenvalue weighted by Crippen LogP contribution is -2.48. The Hall–Kier alpha value is -0.780. The van der Waals surface area contributed by atoms with Crippen molar-refractivity contribution in [3.63, 3.8) is 0 Å². The van der Waals surface area contributed by atoms with E-state index in [1.165, 1.54) is 0 Å². The van der Waals surface area contributed by atoms with E-state index in [1.807, 2.05) is 24.6 Å². The fourth-order valence-corrected chi connectivity index (χ4v) is 1.14. The molecule has 0 saturated heterocycles. The van der Waals surface area contributed by atoms with Gasteiger partial charge in [0.2, 0.25) is 5.91 Å². The third-order valence-corrected chi connectivity index (χ3v) is 2.14. The molecular weight excluding hydrogens is 263 g/mol. The summed E-state index contributed by atoms with van der Waals surface area (Å²) in [4.78, 5) is 15.4. The fraction of sp³-hybridized carbons (Fsp3) is 0.600. The molecule has 0 fully saturated rings. The van der Waals surface area contributed by atoms with Crippen LogP contribution in [0.3, 0.4) is 0 Å². The number of amides is 1. The van der Waals surface area contributed by atoms with Crippen LogP contribution in [0.1, 0.15) is 20.3 Å². The van der Waals surface area contributed by atoms with Crippen LogP contribution in [0.2, 0.25) is 0 Å². The van der Waals surface area contributed by atoms with Crippen LogP contribution in [0.4, 0.5) is 0 Å². The van der Waals surface area contributed by atoms with Crippen molar-refractivity contribution in [1.82, 2.24) is 14.9 Å². The number of aryl methyl sites for hydroxylation is 1. The van der Waals surface area contributed by atoms with Gasteiger partial charge in [0.1, 0.15) is 0 Å². The summed E-state index contributed by atoms with van der Waals surface area (Å²) < 4.78 is 1.87. The topological polar surface area (TPSA) is 72.9 Å². The number of halogens is 2. The smallest absolute Gasteiger partial charge is 0.222 e. The minimum Gasteiger partial charge on any atom is -0.350 e. The van der Waals surface area contributed by atoms with Crippen LogP contribution in [0.5, 0.6) is 0 Å². The molecule has 1 amide bonds. The molecule has 0 radical (unpaired) electrons. The number of hydrogen-bond acceptors (Lipinski definition) is 3.